The van der Waals surface area contributed by atoms with Gasteiger partial charge in [-0.05, 0) is 12.5 Å². The second-order valence-corrected chi connectivity index (χ2v) is 6.12. The third-order valence-corrected chi connectivity index (χ3v) is 4.69. The smallest absolute Gasteiger partial charge is 0.231 e. The van der Waals surface area contributed by atoms with Gasteiger partial charge in [-0.2, -0.15) is 10.5 Å². The van der Waals surface area contributed by atoms with Crippen molar-refractivity contribution in [1.29, 1.82) is 10.5 Å². The van der Waals surface area contributed by atoms with Crippen LogP contribution in [0.2, 0.25) is 0 Å². The van der Waals surface area contributed by atoms with Crippen LogP contribution in [0.15, 0.2) is 41.6 Å². The van der Waals surface area contributed by atoms with E-state index in [1.54, 1.807) is 6.92 Å². The number of fused-ring (bicyclic) bond motifs is 3. The van der Waals surface area contributed by atoms with Crippen molar-refractivity contribution in [2.75, 3.05) is 0 Å². The highest BCUT2D eigenvalue weighted by molar-refractivity contribution is 5.92. The van der Waals surface area contributed by atoms with E-state index in [9.17, 15) is 20.1 Å². The van der Waals surface area contributed by atoms with E-state index in [0.29, 0.717) is 0 Å². The van der Waals surface area contributed by atoms with Crippen LogP contribution in [0.4, 0.5) is 0 Å². The van der Waals surface area contributed by atoms with Crippen molar-refractivity contribution in [2.24, 2.45) is 17.6 Å². The van der Waals surface area contributed by atoms with Gasteiger partial charge >= 0.3 is 0 Å². The number of amides is 2. The highest BCUT2D eigenvalue weighted by Crippen LogP contribution is 2.48. The Labute approximate surface area is 138 Å². The van der Waals surface area contributed by atoms with Crippen molar-refractivity contribution in [1.82, 2.24) is 10.6 Å². The SMILES string of the molecule is C[C@@]12NC(=O)[C@@H](C(=C(C#N)C#N)N1)[C@H](c1ccccc1)[C@H]2C(N)=O. The number of hydrogen-bond donors (Lipinski definition) is 3. The van der Waals surface area contributed by atoms with Crippen LogP contribution in [0.3, 0.4) is 0 Å². The molecular weight excluding hydrogens is 306 g/mol. The van der Waals surface area contributed by atoms with Crippen LogP contribution in [0.5, 0.6) is 0 Å². The van der Waals surface area contributed by atoms with Gasteiger partial charge in [-0.25, -0.2) is 0 Å². The van der Waals surface area contributed by atoms with Crippen molar-refractivity contribution in [2.45, 2.75) is 18.5 Å². The number of piperidine rings is 2. The lowest BCUT2D eigenvalue weighted by atomic mass is 9.63. The van der Waals surface area contributed by atoms with Gasteiger partial charge in [-0.15, -0.1) is 0 Å². The molecule has 0 radical (unpaired) electrons. The molecule has 7 heteroatoms. The molecule has 2 bridgehead atoms. The largest absolute Gasteiger partial charge is 0.369 e. The molecule has 24 heavy (non-hydrogen) atoms. The average Bonchev–Trinajstić information content (AvgIpc) is 2.54. The molecule has 0 saturated carbocycles. The molecular formula is C17H15N5O2. The number of benzene rings is 1. The van der Waals surface area contributed by atoms with Crippen LogP contribution >= 0.6 is 0 Å². The van der Waals surface area contributed by atoms with Crippen LogP contribution in [0, 0.1) is 34.5 Å². The summed E-state index contributed by atoms with van der Waals surface area (Å²) in [7, 11) is 0. The first kappa shape index (κ1) is 15.6. The highest BCUT2D eigenvalue weighted by atomic mass is 16.2. The van der Waals surface area contributed by atoms with Gasteiger partial charge in [0.15, 0.2) is 0 Å². The predicted molar refractivity (Wildman–Crippen MR) is 83.3 cm³/mol. The summed E-state index contributed by atoms with van der Waals surface area (Å²) in [5, 5.41) is 24.2. The molecule has 4 atom stereocenters. The molecule has 4 N–H and O–H groups in total. The molecule has 2 amide bonds. The first-order valence-electron chi connectivity index (χ1n) is 7.41. The van der Waals surface area contributed by atoms with Gasteiger partial charge in [0.1, 0.15) is 23.4 Å². The third kappa shape index (κ3) is 2.10. The fourth-order valence-electron chi connectivity index (χ4n) is 3.79. The second kappa shape index (κ2) is 5.39. The molecule has 3 heterocycles. The lowest BCUT2D eigenvalue weighted by molar-refractivity contribution is -0.142. The van der Waals surface area contributed by atoms with Crippen LogP contribution in [-0.2, 0) is 9.59 Å². The normalized spacial score (nSPS) is 30.5. The lowest BCUT2D eigenvalue weighted by Gasteiger charge is -2.55. The zero-order valence-corrected chi connectivity index (χ0v) is 12.9. The van der Waals surface area contributed by atoms with E-state index in [0.717, 1.165) is 5.56 Å². The van der Waals surface area contributed by atoms with Crippen molar-refractivity contribution >= 4 is 11.8 Å². The fourth-order valence-corrected chi connectivity index (χ4v) is 3.79. The maximum absolute atomic E-state index is 12.6. The van der Waals surface area contributed by atoms with E-state index in [-0.39, 0.29) is 17.2 Å². The van der Waals surface area contributed by atoms with Crippen LogP contribution in [0.25, 0.3) is 0 Å². The number of carbonyl (C=O) groups excluding carboxylic acids is 2. The van der Waals surface area contributed by atoms with Gasteiger partial charge in [-0.1, -0.05) is 30.3 Å². The summed E-state index contributed by atoms with van der Waals surface area (Å²) in [5.41, 5.74) is 5.31. The average molecular weight is 321 g/mol. The molecule has 0 spiro atoms. The van der Waals surface area contributed by atoms with E-state index in [4.69, 9.17) is 5.73 Å². The molecule has 3 fully saturated rings. The molecule has 1 aromatic carbocycles. The zero-order valence-electron chi connectivity index (χ0n) is 12.9. The van der Waals surface area contributed by atoms with Crippen LogP contribution < -0.4 is 16.4 Å². The van der Waals surface area contributed by atoms with Crippen molar-refractivity contribution in [3.05, 3.63) is 47.2 Å². The zero-order chi connectivity index (χ0) is 17.5. The van der Waals surface area contributed by atoms with Gasteiger partial charge in [0, 0.05) is 5.92 Å². The molecule has 4 rings (SSSR count). The van der Waals surface area contributed by atoms with Crippen molar-refractivity contribution in [3.63, 3.8) is 0 Å². The summed E-state index contributed by atoms with van der Waals surface area (Å²) in [4.78, 5) is 24.7. The van der Waals surface area contributed by atoms with E-state index in [2.05, 4.69) is 10.6 Å². The molecule has 3 aliphatic rings. The Kier molecular flexibility index (Phi) is 3.50. The fraction of sp³-hybridized carbons (Fsp3) is 0.294. The molecule has 3 saturated heterocycles. The second-order valence-electron chi connectivity index (χ2n) is 6.12. The van der Waals surface area contributed by atoms with E-state index in [1.165, 1.54) is 0 Å². The van der Waals surface area contributed by atoms with Gasteiger partial charge in [0.05, 0.1) is 17.5 Å². The monoisotopic (exact) mass is 321 g/mol. The highest BCUT2D eigenvalue weighted by Gasteiger charge is 2.60. The Bertz CT molecular complexity index is 817. The summed E-state index contributed by atoms with van der Waals surface area (Å²) < 4.78 is 0. The number of carbonyl (C=O) groups is 2. The molecule has 120 valence electrons. The molecule has 3 aliphatic heterocycles. The Morgan fingerprint density at radius 1 is 1.21 bits per heavy atom. The minimum absolute atomic E-state index is 0.162. The lowest BCUT2D eigenvalue weighted by Crippen LogP contribution is -2.76. The summed E-state index contributed by atoms with van der Waals surface area (Å²) in [5.74, 6) is -3.00. The van der Waals surface area contributed by atoms with E-state index >= 15 is 0 Å². The number of rotatable bonds is 2. The minimum Gasteiger partial charge on any atom is -0.369 e. The maximum Gasteiger partial charge on any atom is 0.231 e. The number of nitriles is 2. The molecule has 7 nitrogen and oxygen atoms in total. The standard InChI is InChI=1S/C17H15N5O2/c1-17-13(15(20)23)11(9-5-3-2-4-6-9)12(16(24)22-17)14(21-17)10(7-18)8-19/h2-6,11-13,21H,1H3,(H2,20,23)(H,22,24)/t11-,12+,13-,17-/m0/s1. The van der Waals surface area contributed by atoms with Gasteiger partial charge < -0.3 is 16.4 Å². The number of primary amides is 1. The predicted octanol–water partition coefficient (Wildman–Crippen LogP) is 0.238. The van der Waals surface area contributed by atoms with Gasteiger partial charge in [0.2, 0.25) is 11.8 Å². The summed E-state index contributed by atoms with van der Waals surface area (Å²) in [6.45, 7) is 1.64. The van der Waals surface area contributed by atoms with Crippen LogP contribution in [-0.4, -0.2) is 17.5 Å². The molecule has 1 aromatic rings. The number of nitrogens with two attached hydrogens (primary N) is 1. The Hall–Kier alpha value is -3.32. The summed E-state index contributed by atoms with van der Waals surface area (Å²) in [6, 6.07) is 12.7. The van der Waals surface area contributed by atoms with Crippen molar-refractivity contribution < 1.29 is 9.59 Å². The van der Waals surface area contributed by atoms with E-state index < -0.39 is 29.3 Å². The topological polar surface area (TPSA) is 132 Å². The maximum atomic E-state index is 12.6. The molecule has 0 aromatic heterocycles. The number of nitrogens with one attached hydrogen (secondary N) is 2. The minimum atomic E-state index is -1.16. The third-order valence-electron chi connectivity index (χ3n) is 4.69. The Balaban J connectivity index is 2.26. The van der Waals surface area contributed by atoms with Gasteiger partial charge in [0.25, 0.3) is 0 Å². The number of hydrogen-bond acceptors (Lipinski definition) is 5. The molecule has 0 aliphatic carbocycles. The van der Waals surface area contributed by atoms with Gasteiger partial charge in [-0.3, -0.25) is 9.59 Å². The van der Waals surface area contributed by atoms with Crippen LogP contribution in [0.1, 0.15) is 18.4 Å². The first-order chi connectivity index (χ1) is 11.4. The first-order valence-corrected chi connectivity index (χ1v) is 7.41. The van der Waals surface area contributed by atoms with E-state index in [1.807, 2.05) is 42.5 Å². The summed E-state index contributed by atoms with van der Waals surface area (Å²) >= 11 is 0. The Morgan fingerprint density at radius 2 is 1.83 bits per heavy atom. The Morgan fingerprint density at radius 3 is 2.38 bits per heavy atom. The number of allylic oxidation sites excluding steroid dienone is 1. The quantitative estimate of drug-likeness (QED) is 0.671. The number of nitrogens with zero attached hydrogens (tertiary/aromatic N) is 2. The summed E-state index contributed by atoms with van der Waals surface area (Å²) in [6.07, 6.45) is 0. The van der Waals surface area contributed by atoms with Crippen molar-refractivity contribution in [3.8, 4) is 12.1 Å². The molecule has 0 unspecified atom stereocenters.